The number of hydrogen-bond acceptors (Lipinski definition) is 5. The molecule has 0 aliphatic heterocycles. The normalized spacial score (nSPS) is 16.0. The number of benzene rings is 1. The molecule has 2 heterocycles. The van der Waals surface area contributed by atoms with Crippen molar-refractivity contribution in [3.63, 3.8) is 0 Å². The minimum Gasteiger partial charge on any atom is -0.413 e. The smallest absolute Gasteiger partial charge is 0.413 e. The van der Waals surface area contributed by atoms with Crippen molar-refractivity contribution in [2.75, 3.05) is 0 Å². The number of nitrogens with zero attached hydrogens (tertiary/aromatic N) is 4. The molecule has 5 nitrogen and oxygen atoms in total. The number of rotatable bonds is 4. The summed E-state index contributed by atoms with van der Waals surface area (Å²) in [5.41, 5.74) is 0.263. The molecule has 0 atom stereocenters. The predicted molar refractivity (Wildman–Crippen MR) is 91.0 cm³/mol. The molecule has 0 saturated heterocycles. The van der Waals surface area contributed by atoms with Crippen molar-refractivity contribution < 1.29 is 22.0 Å². The van der Waals surface area contributed by atoms with Crippen molar-refractivity contribution in [3.8, 4) is 11.5 Å². The van der Waals surface area contributed by atoms with E-state index in [9.17, 15) is 17.6 Å². The molecule has 2 aromatic heterocycles. The van der Waals surface area contributed by atoms with Crippen LogP contribution in [-0.4, -0.2) is 20.2 Å². The Bertz CT molecular complexity index is 1000. The van der Waals surface area contributed by atoms with Gasteiger partial charge in [-0.1, -0.05) is 30.2 Å². The number of aromatic nitrogens is 4. The maximum Gasteiger partial charge on any atom is 0.470 e. The monoisotopic (exact) mass is 412 g/mol. The number of halogens is 5. The van der Waals surface area contributed by atoms with E-state index in [4.69, 9.17) is 11.6 Å². The Balaban J connectivity index is 1.57. The van der Waals surface area contributed by atoms with Gasteiger partial charge in [-0.2, -0.15) is 13.2 Å². The zero-order valence-corrected chi connectivity index (χ0v) is 15.1. The Hall–Kier alpha value is -2.55. The molecule has 0 radical (unpaired) electrons. The molecule has 4 rings (SSSR count). The Kier molecular flexibility index (Phi) is 4.57. The van der Waals surface area contributed by atoms with Gasteiger partial charge in [0.2, 0.25) is 0 Å². The molecule has 0 N–H and O–H groups in total. The van der Waals surface area contributed by atoms with Crippen LogP contribution in [0.5, 0.6) is 0 Å². The first-order valence-corrected chi connectivity index (χ1v) is 8.83. The van der Waals surface area contributed by atoms with Gasteiger partial charge in [-0.15, -0.1) is 10.2 Å². The van der Waals surface area contributed by atoms with Gasteiger partial charge in [0, 0.05) is 24.2 Å². The average Bonchev–Trinajstić information content (AvgIpc) is 3.12. The van der Waals surface area contributed by atoms with Crippen molar-refractivity contribution in [3.05, 3.63) is 58.7 Å². The summed E-state index contributed by atoms with van der Waals surface area (Å²) < 4.78 is 56.8. The van der Waals surface area contributed by atoms with Crippen LogP contribution < -0.4 is 0 Å². The van der Waals surface area contributed by atoms with E-state index in [1.54, 1.807) is 12.1 Å². The highest BCUT2D eigenvalue weighted by Crippen LogP contribution is 2.47. The summed E-state index contributed by atoms with van der Waals surface area (Å²) in [4.78, 5) is 8.39. The topological polar surface area (TPSA) is 64.7 Å². The van der Waals surface area contributed by atoms with Gasteiger partial charge in [0.25, 0.3) is 5.89 Å². The lowest BCUT2D eigenvalue weighted by Crippen LogP contribution is -2.38. The van der Waals surface area contributed by atoms with Crippen molar-refractivity contribution in [1.29, 1.82) is 0 Å². The fourth-order valence-corrected chi connectivity index (χ4v) is 3.55. The van der Waals surface area contributed by atoms with Gasteiger partial charge in [-0.25, -0.2) is 14.4 Å². The van der Waals surface area contributed by atoms with Gasteiger partial charge in [0.05, 0.1) is 10.6 Å². The van der Waals surface area contributed by atoms with E-state index in [-0.39, 0.29) is 16.5 Å². The third kappa shape index (κ3) is 3.34. The van der Waals surface area contributed by atoms with Crippen LogP contribution in [-0.2, 0) is 18.0 Å². The van der Waals surface area contributed by atoms with Crippen LogP contribution >= 0.6 is 11.6 Å². The van der Waals surface area contributed by atoms with Gasteiger partial charge in [0.1, 0.15) is 11.6 Å². The van der Waals surface area contributed by atoms with E-state index in [0.717, 1.165) is 19.3 Å². The summed E-state index contributed by atoms with van der Waals surface area (Å²) >= 11 is 5.92. The van der Waals surface area contributed by atoms with Crippen LogP contribution in [0.4, 0.5) is 17.6 Å². The van der Waals surface area contributed by atoms with E-state index >= 15 is 0 Å². The molecule has 3 aromatic rings. The van der Waals surface area contributed by atoms with Crippen LogP contribution in [0.1, 0.15) is 36.5 Å². The second kappa shape index (κ2) is 6.80. The number of alkyl halides is 3. The molecule has 0 amide bonds. The molecule has 10 heteroatoms. The predicted octanol–water partition coefficient (Wildman–Crippen LogP) is 5.00. The Morgan fingerprint density at radius 1 is 1.11 bits per heavy atom. The fraction of sp³-hybridized carbons (Fsp3) is 0.333. The van der Waals surface area contributed by atoms with Crippen molar-refractivity contribution in [2.24, 2.45) is 0 Å². The Labute approximate surface area is 161 Å². The average molecular weight is 413 g/mol. The lowest BCUT2D eigenvalue weighted by Gasteiger charge is -2.42. The maximum atomic E-state index is 14.5. The fourth-order valence-electron chi connectivity index (χ4n) is 3.37. The number of hydrogen-bond donors (Lipinski definition) is 0. The van der Waals surface area contributed by atoms with Gasteiger partial charge >= 0.3 is 12.1 Å². The third-order valence-corrected chi connectivity index (χ3v) is 5.24. The van der Waals surface area contributed by atoms with Crippen LogP contribution in [0, 0.1) is 5.82 Å². The quantitative estimate of drug-likeness (QED) is 0.564. The molecule has 1 aromatic carbocycles. The third-order valence-electron chi connectivity index (χ3n) is 4.95. The molecule has 1 saturated carbocycles. The van der Waals surface area contributed by atoms with E-state index < -0.39 is 23.3 Å². The molecular formula is C18H13ClF4N4O. The summed E-state index contributed by atoms with van der Waals surface area (Å²) in [6.07, 6.45) is 0.799. The summed E-state index contributed by atoms with van der Waals surface area (Å²) in [5.74, 6) is -1.75. The first-order chi connectivity index (χ1) is 13.3. The molecule has 0 unspecified atom stereocenters. The van der Waals surface area contributed by atoms with Gasteiger partial charge in [-0.3, -0.25) is 0 Å². The molecule has 146 valence electrons. The van der Waals surface area contributed by atoms with Crippen LogP contribution in [0.15, 0.2) is 35.0 Å². The van der Waals surface area contributed by atoms with Crippen molar-refractivity contribution in [1.82, 2.24) is 20.2 Å². The van der Waals surface area contributed by atoms with E-state index in [2.05, 4.69) is 24.6 Å². The largest absolute Gasteiger partial charge is 0.470 e. The highest BCUT2D eigenvalue weighted by Gasteiger charge is 2.42. The van der Waals surface area contributed by atoms with Gasteiger partial charge < -0.3 is 4.42 Å². The lowest BCUT2D eigenvalue weighted by atomic mass is 9.62. The minimum absolute atomic E-state index is 0.0666. The minimum atomic E-state index is -4.72. The second-order valence-electron chi connectivity index (χ2n) is 6.71. The zero-order valence-electron chi connectivity index (χ0n) is 14.3. The molecule has 28 heavy (non-hydrogen) atoms. The molecule has 1 aliphatic rings. The van der Waals surface area contributed by atoms with E-state index in [1.807, 2.05) is 0 Å². The summed E-state index contributed by atoms with van der Waals surface area (Å²) in [5, 5.41) is 6.41. The van der Waals surface area contributed by atoms with Crippen LogP contribution in [0.3, 0.4) is 0 Å². The van der Waals surface area contributed by atoms with Gasteiger partial charge in [-0.05, 0) is 24.5 Å². The summed E-state index contributed by atoms with van der Waals surface area (Å²) in [6, 6.07) is 4.92. The highest BCUT2D eigenvalue weighted by molar-refractivity contribution is 6.30. The summed E-state index contributed by atoms with van der Waals surface area (Å²) in [7, 11) is 0. The molecule has 0 bridgehead atoms. The molecule has 1 aliphatic carbocycles. The first-order valence-electron chi connectivity index (χ1n) is 8.45. The Morgan fingerprint density at radius 3 is 2.39 bits per heavy atom. The Morgan fingerprint density at radius 2 is 1.82 bits per heavy atom. The lowest BCUT2D eigenvalue weighted by molar-refractivity contribution is -0.156. The molecular weight excluding hydrogens is 400 g/mol. The summed E-state index contributed by atoms with van der Waals surface area (Å²) in [6.45, 7) is 0. The standard InChI is InChI=1S/C18H13ClF4N4O/c19-12-4-1-3-11(14(12)20)17(5-2-6-17)7-13-24-8-10(9-25-13)15-26-27-16(28-15)18(21,22)23/h1,3-4,8-9H,2,5-7H2. The van der Waals surface area contributed by atoms with Crippen molar-refractivity contribution in [2.45, 2.75) is 37.3 Å². The van der Waals surface area contributed by atoms with Crippen LogP contribution in [0.25, 0.3) is 11.5 Å². The molecule has 0 spiro atoms. The first kappa shape index (κ1) is 18.8. The maximum absolute atomic E-state index is 14.5. The highest BCUT2D eigenvalue weighted by atomic mass is 35.5. The molecule has 1 fully saturated rings. The van der Waals surface area contributed by atoms with Crippen LogP contribution in [0.2, 0.25) is 5.02 Å². The SMILES string of the molecule is Fc1c(Cl)cccc1C1(Cc2ncc(-c3nnc(C(F)(F)F)o3)cn2)CCC1. The van der Waals surface area contributed by atoms with E-state index in [0.29, 0.717) is 17.8 Å². The second-order valence-corrected chi connectivity index (χ2v) is 7.12. The van der Waals surface area contributed by atoms with Crippen molar-refractivity contribution >= 4 is 11.6 Å². The zero-order chi connectivity index (χ0) is 19.9. The van der Waals surface area contributed by atoms with Gasteiger partial charge in [0.15, 0.2) is 0 Å². The van der Waals surface area contributed by atoms with E-state index in [1.165, 1.54) is 18.5 Å².